The number of carbonyl (C=O) groups is 1. The Morgan fingerprint density at radius 1 is 1.23 bits per heavy atom. The molecule has 1 unspecified atom stereocenters. The van der Waals surface area contributed by atoms with Gasteiger partial charge in [-0.15, -0.1) is 12.6 Å². The second kappa shape index (κ2) is 5.53. The Hall–Kier alpha value is -0.180. The van der Waals surface area contributed by atoms with Crippen LogP contribution in [0.2, 0.25) is 0 Å². The Morgan fingerprint density at radius 3 is 2.00 bits per heavy atom. The smallest absolute Gasteiger partial charge is 0.202 e. The number of thiol groups is 1. The summed E-state index contributed by atoms with van der Waals surface area (Å²) in [6, 6.07) is 0. The van der Waals surface area contributed by atoms with Crippen LogP contribution in [0.25, 0.3) is 0 Å². The van der Waals surface area contributed by atoms with Crippen molar-refractivity contribution in [2.75, 3.05) is 6.61 Å². The Bertz CT molecular complexity index is 173. The normalized spacial score (nSPS) is 20.5. The molecule has 0 radical (unpaired) electrons. The maximum absolute atomic E-state index is 10.8. The highest BCUT2D eigenvalue weighted by atomic mass is 32.1. The summed E-state index contributed by atoms with van der Waals surface area (Å²) in [7, 11) is 0. The molecule has 0 aliphatic heterocycles. The number of Topliss-reactive ketones (excluding diaryl/α,β-unsaturated/α-hetero) is 1. The fraction of sp³-hybridized carbons (Fsp3) is 0.833. The number of aliphatic hydroxyl groups excluding tert-OH is 5. The molecule has 0 aromatic carbocycles. The highest BCUT2D eigenvalue weighted by molar-refractivity contribution is 7.81. The second-order valence-electron chi connectivity index (χ2n) is 2.46. The van der Waals surface area contributed by atoms with E-state index in [9.17, 15) is 4.79 Å². The highest BCUT2D eigenvalue weighted by Crippen LogP contribution is 2.05. The molecule has 0 spiro atoms. The van der Waals surface area contributed by atoms with Gasteiger partial charge >= 0.3 is 0 Å². The first kappa shape index (κ1) is 12.8. The quantitative estimate of drug-likeness (QED) is 0.212. The Kier molecular flexibility index (Phi) is 5.45. The molecule has 78 valence electrons. The molecular formula is C6H12O6S. The van der Waals surface area contributed by atoms with E-state index < -0.39 is 36.1 Å². The van der Waals surface area contributed by atoms with Gasteiger partial charge in [0, 0.05) is 0 Å². The third kappa shape index (κ3) is 3.59. The zero-order valence-electron chi connectivity index (χ0n) is 6.61. The van der Waals surface area contributed by atoms with Crippen molar-refractivity contribution >= 4 is 18.4 Å². The molecular weight excluding hydrogens is 200 g/mol. The van der Waals surface area contributed by atoms with Gasteiger partial charge in [-0.2, -0.15) is 0 Å². The Morgan fingerprint density at radius 2 is 1.69 bits per heavy atom. The summed E-state index contributed by atoms with van der Waals surface area (Å²) in [4.78, 5) is 10.8. The van der Waals surface area contributed by atoms with Crippen LogP contribution < -0.4 is 0 Å². The lowest BCUT2D eigenvalue weighted by Crippen LogP contribution is -2.46. The van der Waals surface area contributed by atoms with Gasteiger partial charge in [0.05, 0.1) is 6.61 Å². The lowest BCUT2D eigenvalue weighted by Gasteiger charge is -2.20. The first-order valence-electron chi connectivity index (χ1n) is 3.46. The minimum Gasteiger partial charge on any atom is -0.394 e. The average molecular weight is 212 g/mol. The number of ketones is 1. The molecule has 0 amide bonds. The molecule has 0 aromatic rings. The van der Waals surface area contributed by atoms with Crippen LogP contribution >= 0.6 is 12.6 Å². The van der Waals surface area contributed by atoms with Crippen molar-refractivity contribution in [2.45, 2.75) is 23.7 Å². The van der Waals surface area contributed by atoms with Crippen molar-refractivity contribution < 1.29 is 30.3 Å². The van der Waals surface area contributed by atoms with Gasteiger partial charge < -0.3 is 25.5 Å². The molecule has 7 heteroatoms. The Balaban J connectivity index is 4.24. The molecule has 0 rings (SSSR count). The number of hydrogen-bond acceptors (Lipinski definition) is 7. The zero-order chi connectivity index (χ0) is 10.6. The third-order valence-electron chi connectivity index (χ3n) is 1.45. The van der Waals surface area contributed by atoms with E-state index in [2.05, 4.69) is 12.6 Å². The first-order chi connectivity index (χ1) is 5.91. The SMILES string of the molecule is O=C(C(O)S)[C@@H](O)[C@H](O)[C@H](O)CO. The van der Waals surface area contributed by atoms with Crippen LogP contribution in [0, 0.1) is 0 Å². The second-order valence-corrected chi connectivity index (χ2v) is 2.95. The van der Waals surface area contributed by atoms with Crippen LogP contribution in [-0.2, 0) is 4.79 Å². The predicted octanol–water partition coefficient (Wildman–Crippen LogP) is -3.12. The topological polar surface area (TPSA) is 118 Å². The summed E-state index contributed by atoms with van der Waals surface area (Å²) in [5, 5.41) is 43.7. The van der Waals surface area contributed by atoms with E-state index in [0.717, 1.165) is 0 Å². The van der Waals surface area contributed by atoms with E-state index in [1.807, 2.05) is 0 Å². The molecule has 0 aliphatic rings. The molecule has 0 saturated heterocycles. The van der Waals surface area contributed by atoms with Gasteiger partial charge in [0.25, 0.3) is 0 Å². The van der Waals surface area contributed by atoms with Crippen molar-refractivity contribution in [3.05, 3.63) is 0 Å². The maximum Gasteiger partial charge on any atom is 0.202 e. The fourth-order valence-electron chi connectivity index (χ4n) is 0.639. The number of aliphatic hydroxyl groups is 5. The fourth-order valence-corrected chi connectivity index (χ4v) is 0.792. The number of rotatable bonds is 5. The van der Waals surface area contributed by atoms with E-state index >= 15 is 0 Å². The number of hydrogen-bond donors (Lipinski definition) is 6. The van der Waals surface area contributed by atoms with Crippen molar-refractivity contribution in [2.24, 2.45) is 0 Å². The molecule has 13 heavy (non-hydrogen) atoms. The van der Waals surface area contributed by atoms with Crippen molar-refractivity contribution in [3.8, 4) is 0 Å². The van der Waals surface area contributed by atoms with E-state index in [-0.39, 0.29) is 0 Å². The summed E-state index contributed by atoms with van der Waals surface area (Å²) in [6.45, 7) is -0.797. The van der Waals surface area contributed by atoms with Gasteiger partial charge in [-0.05, 0) is 0 Å². The molecule has 6 nitrogen and oxygen atoms in total. The molecule has 0 heterocycles. The minimum absolute atomic E-state index is 0.797. The average Bonchev–Trinajstić information content (AvgIpc) is 2.12. The molecule has 0 bridgehead atoms. The summed E-state index contributed by atoms with van der Waals surface area (Å²) in [5.74, 6) is -1.14. The van der Waals surface area contributed by atoms with Crippen LogP contribution in [0.5, 0.6) is 0 Å². The van der Waals surface area contributed by atoms with Crippen molar-refractivity contribution in [1.82, 2.24) is 0 Å². The van der Waals surface area contributed by atoms with Crippen LogP contribution in [-0.4, -0.2) is 61.7 Å². The predicted molar refractivity (Wildman–Crippen MR) is 45.1 cm³/mol. The molecule has 0 aliphatic carbocycles. The number of carbonyl (C=O) groups excluding carboxylic acids is 1. The summed E-state index contributed by atoms with van der Waals surface area (Å²) in [6.07, 6.45) is -5.43. The van der Waals surface area contributed by atoms with Gasteiger partial charge in [-0.3, -0.25) is 4.79 Å². The van der Waals surface area contributed by atoms with E-state index in [0.29, 0.717) is 0 Å². The van der Waals surface area contributed by atoms with Gasteiger partial charge in [0.15, 0.2) is 5.44 Å². The molecule has 0 saturated carbocycles. The molecule has 0 fully saturated rings. The van der Waals surface area contributed by atoms with Crippen LogP contribution in [0.1, 0.15) is 0 Å². The lowest BCUT2D eigenvalue weighted by atomic mass is 10.1. The van der Waals surface area contributed by atoms with E-state index in [1.165, 1.54) is 0 Å². The van der Waals surface area contributed by atoms with E-state index in [4.69, 9.17) is 25.5 Å². The maximum atomic E-state index is 10.8. The first-order valence-corrected chi connectivity index (χ1v) is 3.98. The van der Waals surface area contributed by atoms with Gasteiger partial charge in [0.1, 0.15) is 18.3 Å². The highest BCUT2D eigenvalue weighted by Gasteiger charge is 2.32. The third-order valence-corrected chi connectivity index (χ3v) is 1.71. The minimum atomic E-state index is -1.96. The van der Waals surface area contributed by atoms with Crippen LogP contribution in [0.4, 0.5) is 0 Å². The largest absolute Gasteiger partial charge is 0.394 e. The van der Waals surface area contributed by atoms with Crippen LogP contribution in [0.3, 0.4) is 0 Å². The lowest BCUT2D eigenvalue weighted by molar-refractivity contribution is -0.144. The summed E-state index contributed by atoms with van der Waals surface area (Å²) < 4.78 is 0. The van der Waals surface area contributed by atoms with Gasteiger partial charge in [0.2, 0.25) is 5.78 Å². The van der Waals surface area contributed by atoms with Gasteiger partial charge in [-0.1, -0.05) is 0 Å². The van der Waals surface area contributed by atoms with Crippen LogP contribution in [0.15, 0.2) is 0 Å². The Labute approximate surface area is 79.9 Å². The monoisotopic (exact) mass is 212 g/mol. The summed E-state index contributed by atoms with van der Waals surface area (Å²) >= 11 is 3.32. The zero-order valence-corrected chi connectivity index (χ0v) is 7.50. The molecule has 5 N–H and O–H groups in total. The van der Waals surface area contributed by atoms with E-state index in [1.54, 1.807) is 0 Å². The van der Waals surface area contributed by atoms with Gasteiger partial charge in [-0.25, -0.2) is 0 Å². The van der Waals surface area contributed by atoms with Crippen molar-refractivity contribution in [3.63, 3.8) is 0 Å². The van der Waals surface area contributed by atoms with Crippen molar-refractivity contribution in [1.29, 1.82) is 0 Å². The molecule has 0 aromatic heterocycles. The molecule has 4 atom stereocenters. The summed E-state index contributed by atoms with van der Waals surface area (Å²) in [5.41, 5.74) is -1.73. The standard InChI is InChI=1S/C6H12O6S/c7-1-2(8)3(9)4(10)5(11)6(12)13/h2-4,6-10,12-13H,1H2/t2-,3-,4+,6?/m1/s1.